The van der Waals surface area contributed by atoms with Gasteiger partial charge in [0.1, 0.15) is 20.3 Å². The molecule has 0 spiro atoms. The fourth-order valence-corrected chi connectivity index (χ4v) is 3.51. The molecule has 1 aromatic carbocycles. The molecule has 5 nitrogen and oxygen atoms in total. The van der Waals surface area contributed by atoms with Gasteiger partial charge in [-0.25, -0.2) is 4.79 Å². The lowest BCUT2D eigenvalue weighted by molar-refractivity contribution is -0.160. The van der Waals surface area contributed by atoms with Gasteiger partial charge in [0.2, 0.25) is 0 Å². The molecule has 0 atom stereocenters. The van der Waals surface area contributed by atoms with Gasteiger partial charge in [0.15, 0.2) is 0 Å². The van der Waals surface area contributed by atoms with Gasteiger partial charge in [0, 0.05) is 5.56 Å². The van der Waals surface area contributed by atoms with E-state index in [4.69, 9.17) is 9.47 Å². The molecule has 0 aliphatic heterocycles. The van der Waals surface area contributed by atoms with Gasteiger partial charge in [-0.15, -0.1) is 5.54 Å². The zero-order valence-electron chi connectivity index (χ0n) is 19.2. The molecule has 0 unspecified atom stereocenters. The van der Waals surface area contributed by atoms with Crippen molar-refractivity contribution in [1.82, 2.24) is 0 Å². The number of carboxylic acid groups (broad SMARTS) is 1. The quantitative estimate of drug-likeness (QED) is 0.423. The van der Waals surface area contributed by atoms with E-state index in [1.165, 1.54) is 0 Å². The number of aliphatic carboxylic acids is 1. The van der Waals surface area contributed by atoms with E-state index in [1.54, 1.807) is 20.8 Å². The predicted octanol–water partition coefficient (Wildman–Crippen LogP) is 4.33. The van der Waals surface area contributed by atoms with E-state index in [-0.39, 0.29) is 19.6 Å². The third-order valence-corrected chi connectivity index (χ3v) is 5.21. The van der Waals surface area contributed by atoms with E-state index in [2.05, 4.69) is 31.1 Å². The Morgan fingerprint density at radius 1 is 1.00 bits per heavy atom. The molecule has 0 bridgehead atoms. The lowest BCUT2D eigenvalue weighted by atomic mass is 9.87. The highest BCUT2D eigenvalue weighted by Crippen LogP contribution is 2.28. The van der Waals surface area contributed by atoms with Crippen LogP contribution < -0.4 is 0 Å². The minimum Gasteiger partial charge on any atom is -0.481 e. The standard InChI is InChI=1S/C23H34O5Si/c1-15-18(10-11-29(7,8)9)16(2)20(17(3)19(15)12-21(24)25)13-27-14-22(26)28-23(4,5)6/h12-14H2,1-9H3,(H,24,25). The molecule has 29 heavy (non-hydrogen) atoms. The summed E-state index contributed by atoms with van der Waals surface area (Å²) in [6.07, 6.45) is -0.0708. The SMILES string of the molecule is Cc1c(C#C[Si](C)(C)C)c(C)c(CC(=O)O)c(C)c1COCC(=O)OC(C)(C)C. The van der Waals surface area contributed by atoms with Crippen molar-refractivity contribution in [2.75, 3.05) is 6.61 Å². The Morgan fingerprint density at radius 2 is 1.55 bits per heavy atom. The number of ether oxygens (including phenoxy) is 2. The monoisotopic (exact) mass is 418 g/mol. The third-order valence-electron chi connectivity index (χ3n) is 4.34. The molecule has 0 saturated carbocycles. The topological polar surface area (TPSA) is 72.8 Å². The first-order valence-corrected chi connectivity index (χ1v) is 13.3. The van der Waals surface area contributed by atoms with Crippen molar-refractivity contribution in [3.05, 3.63) is 33.4 Å². The van der Waals surface area contributed by atoms with Crippen molar-refractivity contribution in [2.45, 2.75) is 79.8 Å². The van der Waals surface area contributed by atoms with Gasteiger partial charge >= 0.3 is 11.9 Å². The minimum atomic E-state index is -1.60. The van der Waals surface area contributed by atoms with Crippen LogP contribution >= 0.6 is 0 Å². The van der Waals surface area contributed by atoms with Crippen LogP contribution in [-0.4, -0.2) is 37.3 Å². The highest BCUT2D eigenvalue weighted by atomic mass is 28.3. The fourth-order valence-electron chi connectivity index (χ4n) is 3.01. The normalized spacial score (nSPS) is 11.6. The summed E-state index contributed by atoms with van der Waals surface area (Å²) in [5.41, 5.74) is 8.08. The smallest absolute Gasteiger partial charge is 0.332 e. The van der Waals surface area contributed by atoms with Crippen LogP contribution in [0.3, 0.4) is 0 Å². The lowest BCUT2D eigenvalue weighted by Crippen LogP contribution is -2.26. The molecule has 1 N–H and O–H groups in total. The van der Waals surface area contributed by atoms with Gasteiger partial charge in [0.25, 0.3) is 0 Å². The van der Waals surface area contributed by atoms with Crippen molar-refractivity contribution >= 4 is 20.0 Å². The van der Waals surface area contributed by atoms with Crippen LogP contribution in [0.5, 0.6) is 0 Å². The summed E-state index contributed by atoms with van der Waals surface area (Å²) in [4.78, 5) is 23.3. The summed E-state index contributed by atoms with van der Waals surface area (Å²) >= 11 is 0. The van der Waals surface area contributed by atoms with Crippen LogP contribution in [0, 0.1) is 32.2 Å². The van der Waals surface area contributed by atoms with Crippen LogP contribution in [0.2, 0.25) is 19.6 Å². The summed E-state index contributed by atoms with van der Waals surface area (Å²) in [7, 11) is -1.60. The minimum absolute atomic E-state index is 0.0708. The Hall–Kier alpha value is -2.10. The van der Waals surface area contributed by atoms with E-state index in [1.807, 2.05) is 20.8 Å². The lowest BCUT2D eigenvalue weighted by Gasteiger charge is -2.21. The van der Waals surface area contributed by atoms with Crippen molar-refractivity contribution in [2.24, 2.45) is 0 Å². The molecule has 0 heterocycles. The van der Waals surface area contributed by atoms with E-state index >= 15 is 0 Å². The predicted molar refractivity (Wildman–Crippen MR) is 118 cm³/mol. The highest BCUT2D eigenvalue weighted by Gasteiger charge is 2.20. The molecule has 1 rings (SSSR count). The van der Waals surface area contributed by atoms with Gasteiger partial charge in [-0.3, -0.25) is 4.79 Å². The summed E-state index contributed by atoms with van der Waals surface area (Å²) in [5, 5.41) is 9.36. The second-order valence-corrected chi connectivity index (χ2v) is 14.1. The number of hydrogen-bond donors (Lipinski definition) is 1. The first kappa shape index (κ1) is 24.9. The molecular weight excluding hydrogens is 384 g/mol. The molecule has 1 aromatic rings. The molecule has 0 radical (unpaired) electrons. The number of benzene rings is 1. The van der Waals surface area contributed by atoms with Crippen LogP contribution in [0.1, 0.15) is 54.2 Å². The van der Waals surface area contributed by atoms with Crippen LogP contribution in [0.4, 0.5) is 0 Å². The van der Waals surface area contributed by atoms with Gasteiger partial charge in [0.05, 0.1) is 13.0 Å². The van der Waals surface area contributed by atoms with Crippen LogP contribution in [0.25, 0.3) is 0 Å². The molecule has 0 amide bonds. The Bertz CT molecular complexity index is 845. The van der Waals surface area contributed by atoms with E-state index in [0.29, 0.717) is 0 Å². The number of carbonyl (C=O) groups is 2. The van der Waals surface area contributed by atoms with E-state index in [0.717, 1.165) is 33.4 Å². The first-order chi connectivity index (χ1) is 13.1. The van der Waals surface area contributed by atoms with Gasteiger partial charge in [-0.2, -0.15) is 0 Å². The van der Waals surface area contributed by atoms with Crippen molar-refractivity contribution in [1.29, 1.82) is 0 Å². The largest absolute Gasteiger partial charge is 0.481 e. The Kier molecular flexibility index (Phi) is 8.25. The number of carbonyl (C=O) groups excluding carboxylic acids is 1. The third kappa shape index (κ3) is 8.04. The molecule has 0 fully saturated rings. The number of hydrogen-bond acceptors (Lipinski definition) is 4. The number of carboxylic acids is 1. The Morgan fingerprint density at radius 3 is 2.03 bits per heavy atom. The van der Waals surface area contributed by atoms with Crippen molar-refractivity contribution in [3.63, 3.8) is 0 Å². The van der Waals surface area contributed by atoms with Crippen molar-refractivity contribution in [3.8, 4) is 11.5 Å². The molecule has 0 aliphatic rings. The zero-order chi connectivity index (χ0) is 22.6. The molecule has 0 saturated heterocycles. The fraction of sp³-hybridized carbons (Fsp3) is 0.565. The number of rotatable bonds is 6. The molecule has 160 valence electrons. The van der Waals surface area contributed by atoms with Crippen LogP contribution in [0.15, 0.2) is 0 Å². The molecular formula is C23H34O5Si. The average molecular weight is 419 g/mol. The molecule has 6 heteroatoms. The summed E-state index contributed by atoms with van der Waals surface area (Å²) in [5.74, 6) is 1.99. The average Bonchev–Trinajstić information content (AvgIpc) is 2.51. The van der Waals surface area contributed by atoms with Gasteiger partial charge in [-0.05, 0) is 69.4 Å². The summed E-state index contributed by atoms with van der Waals surface area (Å²) in [6, 6.07) is 0. The Balaban J connectivity index is 3.29. The van der Waals surface area contributed by atoms with Crippen LogP contribution in [-0.2, 0) is 32.1 Å². The molecule has 0 aliphatic carbocycles. The maximum absolute atomic E-state index is 11.9. The maximum Gasteiger partial charge on any atom is 0.332 e. The maximum atomic E-state index is 11.9. The van der Waals surface area contributed by atoms with Gasteiger partial charge in [-0.1, -0.05) is 25.6 Å². The Labute approximate surface area is 175 Å². The highest BCUT2D eigenvalue weighted by molar-refractivity contribution is 6.83. The number of esters is 1. The van der Waals surface area contributed by atoms with E-state index in [9.17, 15) is 14.7 Å². The summed E-state index contributed by atoms with van der Waals surface area (Å²) in [6.45, 7) is 17.8. The summed E-state index contributed by atoms with van der Waals surface area (Å²) < 4.78 is 10.9. The molecule has 0 aromatic heterocycles. The van der Waals surface area contributed by atoms with E-state index < -0.39 is 25.6 Å². The van der Waals surface area contributed by atoms with Crippen molar-refractivity contribution < 1.29 is 24.2 Å². The zero-order valence-corrected chi connectivity index (χ0v) is 20.2. The second-order valence-electron chi connectivity index (χ2n) is 9.36. The second kappa shape index (κ2) is 9.60. The van der Waals surface area contributed by atoms with Gasteiger partial charge < -0.3 is 14.6 Å². The first-order valence-electron chi connectivity index (χ1n) is 9.78.